The molecule has 0 aromatic carbocycles. The van der Waals surface area contributed by atoms with E-state index in [-0.39, 0.29) is 6.61 Å². The summed E-state index contributed by atoms with van der Waals surface area (Å²) in [7, 11) is 1.78. The molecule has 0 amide bonds. The molecule has 18 heavy (non-hydrogen) atoms. The molecule has 0 spiro atoms. The molecule has 0 saturated carbocycles. The van der Waals surface area contributed by atoms with Crippen molar-refractivity contribution in [2.24, 2.45) is 0 Å². The van der Waals surface area contributed by atoms with Gasteiger partial charge in [0.15, 0.2) is 5.82 Å². The Hall–Kier alpha value is -1.11. The van der Waals surface area contributed by atoms with E-state index in [4.69, 9.17) is 16.7 Å². The lowest BCUT2D eigenvalue weighted by Crippen LogP contribution is -2.47. The van der Waals surface area contributed by atoms with Crippen LogP contribution in [0.3, 0.4) is 0 Å². The maximum Gasteiger partial charge on any atom is 0.224 e. The Morgan fingerprint density at radius 3 is 2.72 bits per heavy atom. The normalized spacial score (nSPS) is 16.9. The highest BCUT2D eigenvalue weighted by Crippen LogP contribution is 2.24. The molecule has 2 rings (SSSR count). The molecule has 2 heterocycles. The highest BCUT2D eigenvalue weighted by molar-refractivity contribution is 6.32. The van der Waals surface area contributed by atoms with Gasteiger partial charge >= 0.3 is 0 Å². The lowest BCUT2D eigenvalue weighted by atomic mass is 10.3. The first-order chi connectivity index (χ1) is 8.74. The minimum absolute atomic E-state index is 0.207. The van der Waals surface area contributed by atoms with Gasteiger partial charge in [-0.25, -0.2) is 4.98 Å². The smallest absolute Gasteiger partial charge is 0.224 e. The molecular weight excluding hydrogens is 254 g/mol. The summed E-state index contributed by atoms with van der Waals surface area (Å²) < 4.78 is 0. The second-order valence-corrected chi connectivity index (χ2v) is 4.57. The van der Waals surface area contributed by atoms with Gasteiger partial charge in [0, 0.05) is 39.8 Å². The summed E-state index contributed by atoms with van der Waals surface area (Å²) in [5.41, 5.74) is 0. The van der Waals surface area contributed by atoms with Crippen molar-refractivity contribution in [1.82, 2.24) is 14.9 Å². The first-order valence-corrected chi connectivity index (χ1v) is 6.41. The second-order valence-electron chi connectivity index (χ2n) is 4.17. The predicted octanol–water partition coefficient (Wildman–Crippen LogP) is 0.286. The van der Waals surface area contributed by atoms with Crippen molar-refractivity contribution in [3.63, 3.8) is 0 Å². The molecule has 0 bridgehead atoms. The number of aliphatic hydroxyl groups excluding tert-OH is 1. The van der Waals surface area contributed by atoms with Crippen LogP contribution in [0.4, 0.5) is 11.8 Å². The number of halogens is 1. The number of aromatic nitrogens is 2. The SMILES string of the molecule is CNc1ncc(Cl)c(N2CCN(CCO)CC2)n1. The van der Waals surface area contributed by atoms with Crippen LogP contribution < -0.4 is 10.2 Å². The number of nitrogens with zero attached hydrogens (tertiary/aromatic N) is 4. The van der Waals surface area contributed by atoms with Crippen LogP contribution in [0.1, 0.15) is 0 Å². The number of anilines is 2. The lowest BCUT2D eigenvalue weighted by molar-refractivity contribution is 0.188. The second kappa shape index (κ2) is 6.17. The number of aliphatic hydroxyl groups is 1. The molecule has 0 unspecified atom stereocenters. The van der Waals surface area contributed by atoms with E-state index >= 15 is 0 Å². The van der Waals surface area contributed by atoms with E-state index in [0.29, 0.717) is 11.0 Å². The Bertz CT molecular complexity index is 395. The van der Waals surface area contributed by atoms with Crippen LogP contribution >= 0.6 is 11.6 Å². The Labute approximate surface area is 112 Å². The number of nitrogens with one attached hydrogen (secondary N) is 1. The number of piperazine rings is 1. The zero-order chi connectivity index (χ0) is 13.0. The molecule has 1 aromatic heterocycles. The summed E-state index contributed by atoms with van der Waals surface area (Å²) in [6.45, 7) is 4.48. The Morgan fingerprint density at radius 1 is 1.39 bits per heavy atom. The van der Waals surface area contributed by atoms with Crippen LogP contribution in [0, 0.1) is 0 Å². The summed E-state index contributed by atoms with van der Waals surface area (Å²) >= 11 is 6.14. The van der Waals surface area contributed by atoms with Crippen LogP contribution in [-0.4, -0.2) is 66.4 Å². The number of β-amino-alcohol motifs (C(OH)–C–C–N with tert-alkyl or cyclic N) is 1. The van der Waals surface area contributed by atoms with Crippen molar-refractivity contribution in [3.8, 4) is 0 Å². The van der Waals surface area contributed by atoms with E-state index in [9.17, 15) is 0 Å². The fourth-order valence-electron chi connectivity index (χ4n) is 2.03. The molecule has 6 nitrogen and oxygen atoms in total. The van der Waals surface area contributed by atoms with Gasteiger partial charge in [-0.15, -0.1) is 0 Å². The molecule has 1 fully saturated rings. The van der Waals surface area contributed by atoms with Crippen molar-refractivity contribution in [1.29, 1.82) is 0 Å². The van der Waals surface area contributed by atoms with Gasteiger partial charge in [-0.05, 0) is 0 Å². The van der Waals surface area contributed by atoms with Gasteiger partial charge in [-0.2, -0.15) is 4.98 Å². The highest BCUT2D eigenvalue weighted by atomic mass is 35.5. The fraction of sp³-hybridized carbons (Fsp3) is 0.636. The van der Waals surface area contributed by atoms with Crippen molar-refractivity contribution < 1.29 is 5.11 Å². The van der Waals surface area contributed by atoms with E-state index < -0.39 is 0 Å². The van der Waals surface area contributed by atoms with Crippen LogP contribution in [0.25, 0.3) is 0 Å². The van der Waals surface area contributed by atoms with Crippen molar-refractivity contribution in [2.45, 2.75) is 0 Å². The molecule has 1 saturated heterocycles. The zero-order valence-corrected chi connectivity index (χ0v) is 11.2. The Balaban J connectivity index is 2.04. The van der Waals surface area contributed by atoms with Crippen molar-refractivity contribution >= 4 is 23.4 Å². The molecule has 100 valence electrons. The first-order valence-electron chi connectivity index (χ1n) is 6.03. The van der Waals surface area contributed by atoms with Gasteiger partial charge in [0.25, 0.3) is 0 Å². The average Bonchev–Trinajstić information content (AvgIpc) is 2.41. The molecule has 1 aliphatic heterocycles. The Kier molecular flexibility index (Phi) is 4.57. The quantitative estimate of drug-likeness (QED) is 0.821. The van der Waals surface area contributed by atoms with Gasteiger partial charge < -0.3 is 15.3 Å². The van der Waals surface area contributed by atoms with Crippen molar-refractivity contribution in [3.05, 3.63) is 11.2 Å². The van der Waals surface area contributed by atoms with Crippen LogP contribution in [-0.2, 0) is 0 Å². The minimum atomic E-state index is 0.207. The average molecular weight is 272 g/mol. The number of rotatable bonds is 4. The zero-order valence-electron chi connectivity index (χ0n) is 10.4. The van der Waals surface area contributed by atoms with Crippen LogP contribution in [0.15, 0.2) is 6.20 Å². The third kappa shape index (κ3) is 3.01. The molecule has 2 N–H and O–H groups in total. The molecule has 0 aliphatic carbocycles. The maximum absolute atomic E-state index is 8.91. The van der Waals surface area contributed by atoms with Crippen molar-refractivity contribution in [2.75, 3.05) is 56.6 Å². The summed E-state index contributed by atoms with van der Waals surface area (Å²) in [5.74, 6) is 1.35. The minimum Gasteiger partial charge on any atom is -0.395 e. The van der Waals surface area contributed by atoms with Crippen LogP contribution in [0.2, 0.25) is 5.02 Å². The summed E-state index contributed by atoms with van der Waals surface area (Å²) in [6, 6.07) is 0. The molecular formula is C11H18ClN5O. The molecule has 7 heteroatoms. The number of hydrogen-bond acceptors (Lipinski definition) is 6. The largest absolute Gasteiger partial charge is 0.395 e. The van der Waals surface area contributed by atoms with E-state index in [0.717, 1.165) is 38.5 Å². The summed E-state index contributed by atoms with van der Waals surface area (Å²) in [5, 5.41) is 12.4. The van der Waals surface area contributed by atoms with E-state index in [2.05, 4.69) is 25.1 Å². The van der Waals surface area contributed by atoms with Crippen LogP contribution in [0.5, 0.6) is 0 Å². The molecule has 1 aromatic rings. The highest BCUT2D eigenvalue weighted by Gasteiger charge is 2.20. The molecule has 0 atom stereocenters. The number of hydrogen-bond donors (Lipinski definition) is 2. The van der Waals surface area contributed by atoms with Gasteiger partial charge in [0.05, 0.1) is 12.8 Å². The summed E-state index contributed by atoms with van der Waals surface area (Å²) in [6.07, 6.45) is 1.62. The molecule has 1 aliphatic rings. The van der Waals surface area contributed by atoms with Gasteiger partial charge in [-0.1, -0.05) is 11.6 Å². The standard InChI is InChI=1S/C11H18ClN5O/c1-13-11-14-8-9(12)10(15-11)17-4-2-16(3-5-17)6-7-18/h8,18H,2-7H2,1H3,(H,13,14,15). The monoisotopic (exact) mass is 271 g/mol. The Morgan fingerprint density at radius 2 is 2.11 bits per heavy atom. The topological polar surface area (TPSA) is 64.5 Å². The first kappa shape index (κ1) is 13.3. The third-order valence-corrected chi connectivity index (χ3v) is 3.30. The third-order valence-electron chi connectivity index (χ3n) is 3.04. The lowest BCUT2D eigenvalue weighted by Gasteiger charge is -2.35. The van der Waals surface area contributed by atoms with E-state index in [1.165, 1.54) is 0 Å². The van der Waals surface area contributed by atoms with Gasteiger partial charge in [0.2, 0.25) is 5.95 Å². The van der Waals surface area contributed by atoms with Gasteiger partial charge in [-0.3, -0.25) is 4.90 Å². The van der Waals surface area contributed by atoms with E-state index in [1.54, 1.807) is 13.2 Å². The molecule has 0 radical (unpaired) electrons. The predicted molar refractivity (Wildman–Crippen MR) is 72.3 cm³/mol. The maximum atomic E-state index is 8.91. The summed E-state index contributed by atoms with van der Waals surface area (Å²) in [4.78, 5) is 12.8. The van der Waals surface area contributed by atoms with Gasteiger partial charge in [0.1, 0.15) is 5.02 Å². The van der Waals surface area contributed by atoms with E-state index in [1.807, 2.05) is 0 Å². The fourth-order valence-corrected chi connectivity index (χ4v) is 2.24.